The van der Waals surface area contributed by atoms with E-state index < -0.39 is 12.0 Å². The van der Waals surface area contributed by atoms with E-state index in [0.29, 0.717) is 30.6 Å². The predicted octanol–water partition coefficient (Wildman–Crippen LogP) is 4.77. The summed E-state index contributed by atoms with van der Waals surface area (Å²) in [7, 11) is 0. The van der Waals surface area contributed by atoms with Crippen LogP contribution in [0.25, 0.3) is 12.2 Å². The highest BCUT2D eigenvalue weighted by molar-refractivity contribution is 7.07. The molecule has 0 radical (unpaired) electrons. The van der Waals surface area contributed by atoms with Crippen molar-refractivity contribution in [3.8, 4) is 0 Å². The average molecular weight is 499 g/mol. The first-order valence-electron chi connectivity index (χ1n) is 10.3. The largest absolute Gasteiger partial charge is 0.463 e. The minimum Gasteiger partial charge on any atom is -0.463 e. The third kappa shape index (κ3) is 4.88. The van der Waals surface area contributed by atoms with Crippen molar-refractivity contribution in [2.45, 2.75) is 19.9 Å². The molecule has 0 fully saturated rings. The molecule has 1 aliphatic heterocycles. The molecule has 0 unspecified atom stereocenters. The lowest BCUT2D eigenvalue weighted by Gasteiger charge is -2.21. The van der Waals surface area contributed by atoms with Crippen LogP contribution in [-0.4, -0.2) is 17.1 Å². The molecular weight excluding hydrogens is 479 g/mol. The van der Waals surface area contributed by atoms with E-state index in [2.05, 4.69) is 4.99 Å². The Bertz CT molecular complexity index is 1450. The van der Waals surface area contributed by atoms with E-state index in [9.17, 15) is 9.59 Å². The predicted molar refractivity (Wildman–Crippen MR) is 133 cm³/mol. The van der Waals surface area contributed by atoms with E-state index in [1.54, 1.807) is 38.1 Å². The monoisotopic (exact) mass is 498 g/mol. The lowest BCUT2D eigenvalue weighted by atomic mass is 10.0. The minimum atomic E-state index is -0.642. The van der Waals surface area contributed by atoms with Crippen molar-refractivity contribution in [2.24, 2.45) is 4.99 Å². The quantitative estimate of drug-likeness (QED) is 0.476. The van der Waals surface area contributed by atoms with Gasteiger partial charge in [0.1, 0.15) is 0 Å². The fourth-order valence-corrected chi connectivity index (χ4v) is 4.90. The van der Waals surface area contributed by atoms with Crippen LogP contribution in [0.4, 0.5) is 0 Å². The lowest BCUT2D eigenvalue weighted by Crippen LogP contribution is -2.38. The standard InChI is InChI=1S/C25H20Cl2N2O3S/c1-3-32-24(31)22-15(2)28-25-29(20(22)12-10-16-7-5-4-6-8-16)23(30)21(33-25)14-17-9-11-18(26)19(27)13-17/h4-14,20H,3H2,1-2H3/b12-10-,21-14?/t20-/m1/s1. The molecule has 0 saturated heterocycles. The third-order valence-electron chi connectivity index (χ3n) is 5.07. The number of hydrogen-bond acceptors (Lipinski definition) is 5. The maximum atomic E-state index is 13.4. The molecule has 168 valence electrons. The molecule has 1 aromatic heterocycles. The second-order valence-electron chi connectivity index (χ2n) is 7.29. The summed E-state index contributed by atoms with van der Waals surface area (Å²) < 4.78 is 7.29. The van der Waals surface area contributed by atoms with Crippen LogP contribution in [0.3, 0.4) is 0 Å². The number of carbonyl (C=O) groups is 1. The normalized spacial score (nSPS) is 16.1. The van der Waals surface area contributed by atoms with E-state index >= 15 is 0 Å². The Labute approximate surface area is 204 Å². The van der Waals surface area contributed by atoms with Gasteiger partial charge in [-0.3, -0.25) is 9.36 Å². The number of nitrogens with zero attached hydrogens (tertiary/aromatic N) is 2. The first-order valence-corrected chi connectivity index (χ1v) is 11.8. The number of fused-ring (bicyclic) bond motifs is 1. The highest BCUT2D eigenvalue weighted by Crippen LogP contribution is 2.27. The average Bonchev–Trinajstić information content (AvgIpc) is 3.09. The van der Waals surface area contributed by atoms with Crippen molar-refractivity contribution in [3.05, 3.63) is 107 Å². The Hall–Kier alpha value is -2.93. The molecule has 0 saturated carbocycles. The van der Waals surface area contributed by atoms with Gasteiger partial charge in [0.25, 0.3) is 5.56 Å². The smallest absolute Gasteiger partial charge is 0.338 e. The molecule has 8 heteroatoms. The minimum absolute atomic E-state index is 0.229. The van der Waals surface area contributed by atoms with Gasteiger partial charge in [0.05, 0.1) is 38.5 Å². The van der Waals surface area contributed by atoms with E-state index in [1.807, 2.05) is 42.5 Å². The fourth-order valence-electron chi connectivity index (χ4n) is 3.54. The van der Waals surface area contributed by atoms with Crippen molar-refractivity contribution in [3.63, 3.8) is 0 Å². The molecule has 0 spiro atoms. The molecular formula is C25H20Cl2N2O3S. The summed E-state index contributed by atoms with van der Waals surface area (Å²) in [5, 5.41) is 0.846. The SMILES string of the molecule is CCOC(=O)C1=C(C)N=c2sc(=Cc3ccc(Cl)c(Cl)c3)c(=O)n2[C@@H]1/C=C\c1ccccc1. The number of benzene rings is 2. The van der Waals surface area contributed by atoms with Crippen LogP contribution in [-0.2, 0) is 9.53 Å². The number of aromatic nitrogens is 1. The highest BCUT2D eigenvalue weighted by atomic mass is 35.5. The van der Waals surface area contributed by atoms with E-state index in [0.717, 1.165) is 11.1 Å². The van der Waals surface area contributed by atoms with Crippen LogP contribution in [0.15, 0.2) is 75.7 Å². The molecule has 2 aromatic carbocycles. The van der Waals surface area contributed by atoms with Crippen molar-refractivity contribution in [1.82, 2.24) is 4.57 Å². The number of rotatable bonds is 5. The molecule has 0 N–H and O–H groups in total. The Balaban J connectivity index is 1.87. The summed E-state index contributed by atoms with van der Waals surface area (Å²) >= 11 is 13.4. The van der Waals surface area contributed by atoms with Crippen molar-refractivity contribution >= 4 is 52.7 Å². The second kappa shape index (κ2) is 9.91. The summed E-state index contributed by atoms with van der Waals surface area (Å²) in [5.74, 6) is -0.486. The van der Waals surface area contributed by atoms with Crippen LogP contribution < -0.4 is 14.9 Å². The van der Waals surface area contributed by atoms with Crippen LogP contribution in [0.5, 0.6) is 0 Å². The third-order valence-corrected chi connectivity index (χ3v) is 6.79. The van der Waals surface area contributed by atoms with Gasteiger partial charge in [-0.1, -0.05) is 83.1 Å². The summed E-state index contributed by atoms with van der Waals surface area (Å²) in [5.41, 5.74) is 2.32. The van der Waals surface area contributed by atoms with Gasteiger partial charge in [-0.15, -0.1) is 0 Å². The summed E-state index contributed by atoms with van der Waals surface area (Å²) in [6.07, 6.45) is 5.46. The topological polar surface area (TPSA) is 60.7 Å². The number of carbonyl (C=O) groups excluding carboxylic acids is 1. The molecule has 0 bridgehead atoms. The number of halogens is 2. The zero-order chi connectivity index (χ0) is 23.5. The van der Waals surface area contributed by atoms with Crippen LogP contribution >= 0.6 is 34.5 Å². The molecule has 2 heterocycles. The maximum absolute atomic E-state index is 13.4. The molecule has 1 atom stereocenters. The van der Waals surface area contributed by atoms with E-state index in [-0.39, 0.29) is 12.2 Å². The van der Waals surface area contributed by atoms with Crippen molar-refractivity contribution in [1.29, 1.82) is 0 Å². The molecule has 33 heavy (non-hydrogen) atoms. The Kier molecular flexibility index (Phi) is 6.98. The first-order chi connectivity index (χ1) is 15.9. The van der Waals surface area contributed by atoms with Gasteiger partial charge < -0.3 is 4.74 Å². The molecule has 5 nitrogen and oxygen atoms in total. The van der Waals surface area contributed by atoms with Gasteiger partial charge in [0.2, 0.25) is 0 Å². The fraction of sp³-hybridized carbons (Fsp3) is 0.160. The van der Waals surface area contributed by atoms with Crippen molar-refractivity contribution < 1.29 is 9.53 Å². The first kappa shape index (κ1) is 23.2. The van der Waals surface area contributed by atoms with Gasteiger partial charge in [-0.25, -0.2) is 9.79 Å². The molecule has 3 aromatic rings. The zero-order valence-electron chi connectivity index (χ0n) is 17.9. The van der Waals surface area contributed by atoms with Gasteiger partial charge in [0, 0.05) is 0 Å². The molecule has 4 rings (SSSR count). The van der Waals surface area contributed by atoms with E-state index in [1.165, 1.54) is 15.9 Å². The van der Waals surface area contributed by atoms with Crippen LogP contribution in [0.1, 0.15) is 31.0 Å². The number of allylic oxidation sites excluding steroid dienone is 2. The summed E-state index contributed by atoms with van der Waals surface area (Å²) in [6.45, 7) is 3.73. The summed E-state index contributed by atoms with van der Waals surface area (Å²) in [4.78, 5) is 31.3. The van der Waals surface area contributed by atoms with Gasteiger partial charge in [0.15, 0.2) is 4.80 Å². The van der Waals surface area contributed by atoms with Gasteiger partial charge in [-0.2, -0.15) is 0 Å². The van der Waals surface area contributed by atoms with E-state index in [4.69, 9.17) is 27.9 Å². The van der Waals surface area contributed by atoms with Crippen LogP contribution in [0.2, 0.25) is 10.0 Å². The number of thiazole rings is 1. The molecule has 0 amide bonds. The van der Waals surface area contributed by atoms with Crippen LogP contribution in [0, 0.1) is 0 Å². The van der Waals surface area contributed by atoms with Gasteiger partial charge in [-0.05, 0) is 43.2 Å². The van der Waals surface area contributed by atoms with Gasteiger partial charge >= 0.3 is 5.97 Å². The summed E-state index contributed by atoms with van der Waals surface area (Å²) in [6, 6.07) is 14.2. The number of hydrogen-bond donors (Lipinski definition) is 0. The second-order valence-corrected chi connectivity index (χ2v) is 9.11. The zero-order valence-corrected chi connectivity index (χ0v) is 20.2. The Morgan fingerprint density at radius 2 is 1.91 bits per heavy atom. The Morgan fingerprint density at radius 3 is 2.61 bits per heavy atom. The maximum Gasteiger partial charge on any atom is 0.338 e. The number of ether oxygens (including phenoxy) is 1. The van der Waals surface area contributed by atoms with Crippen molar-refractivity contribution in [2.75, 3.05) is 6.61 Å². The molecule has 1 aliphatic rings. The Morgan fingerprint density at radius 1 is 1.15 bits per heavy atom. The number of esters is 1. The lowest BCUT2D eigenvalue weighted by molar-refractivity contribution is -0.139. The molecule has 0 aliphatic carbocycles. The highest BCUT2D eigenvalue weighted by Gasteiger charge is 2.30.